The van der Waals surface area contributed by atoms with Crippen molar-refractivity contribution < 1.29 is 23.9 Å². The topological polar surface area (TPSA) is 81.7 Å². The quantitative estimate of drug-likeness (QED) is 0.841. The van der Waals surface area contributed by atoms with Crippen LogP contribution in [-0.2, 0) is 23.9 Å². The number of carbonyl (C=O) groups excluding carboxylic acids is 3. The first-order chi connectivity index (χ1) is 11.5. The summed E-state index contributed by atoms with van der Waals surface area (Å²) in [6.07, 6.45) is 1.52. The molecule has 1 aliphatic heterocycles. The molecule has 3 aliphatic rings. The molecule has 7 heteroatoms. The summed E-state index contributed by atoms with van der Waals surface area (Å²) in [5, 5.41) is 3.00. The van der Waals surface area contributed by atoms with E-state index in [0.29, 0.717) is 10.7 Å². The van der Waals surface area contributed by atoms with Crippen molar-refractivity contribution in [1.82, 2.24) is 0 Å². The molecule has 126 valence electrons. The maximum atomic E-state index is 12.4. The van der Waals surface area contributed by atoms with Gasteiger partial charge in [0.15, 0.2) is 6.61 Å². The highest BCUT2D eigenvalue weighted by molar-refractivity contribution is 6.33. The molecule has 1 N–H and O–H groups in total. The van der Waals surface area contributed by atoms with Gasteiger partial charge in [0.25, 0.3) is 5.91 Å². The van der Waals surface area contributed by atoms with E-state index in [9.17, 15) is 14.4 Å². The van der Waals surface area contributed by atoms with E-state index >= 15 is 0 Å². The third-order valence-corrected chi connectivity index (χ3v) is 5.58. The number of hydrogen-bond donors (Lipinski definition) is 1. The first-order valence-corrected chi connectivity index (χ1v) is 8.34. The highest BCUT2D eigenvalue weighted by Crippen LogP contribution is 2.57. The molecule has 2 saturated carbocycles. The van der Waals surface area contributed by atoms with Crippen LogP contribution >= 0.6 is 11.6 Å². The van der Waals surface area contributed by atoms with Crippen LogP contribution < -0.4 is 5.32 Å². The lowest BCUT2D eigenvalue weighted by Gasteiger charge is -2.22. The van der Waals surface area contributed by atoms with Gasteiger partial charge in [-0.2, -0.15) is 0 Å². The maximum absolute atomic E-state index is 12.4. The van der Waals surface area contributed by atoms with Gasteiger partial charge in [-0.3, -0.25) is 14.4 Å². The van der Waals surface area contributed by atoms with E-state index < -0.39 is 30.3 Å². The van der Waals surface area contributed by atoms with Gasteiger partial charge in [0, 0.05) is 5.92 Å². The second-order valence-corrected chi connectivity index (χ2v) is 6.97. The van der Waals surface area contributed by atoms with Crippen LogP contribution in [0.1, 0.15) is 12.8 Å². The predicted molar refractivity (Wildman–Crippen MR) is 84.1 cm³/mol. The minimum atomic E-state index is -0.487. The third kappa shape index (κ3) is 2.45. The summed E-state index contributed by atoms with van der Waals surface area (Å²) < 4.78 is 10.4. The first-order valence-electron chi connectivity index (χ1n) is 7.96. The Kier molecular flexibility index (Phi) is 3.72. The van der Waals surface area contributed by atoms with Crippen LogP contribution in [0.4, 0.5) is 5.69 Å². The molecule has 1 saturated heterocycles. The lowest BCUT2D eigenvalue weighted by atomic mass is 9.80. The molecule has 5 unspecified atom stereocenters. The molecule has 3 fully saturated rings. The number of amides is 1. The number of esters is 2. The predicted octanol–water partition coefficient (Wildman–Crippen LogP) is 2.02. The van der Waals surface area contributed by atoms with Gasteiger partial charge >= 0.3 is 11.9 Å². The fraction of sp³-hybridized carbons (Fsp3) is 0.471. The molecular weight excluding hydrogens is 334 g/mol. The van der Waals surface area contributed by atoms with Gasteiger partial charge < -0.3 is 14.8 Å². The second kappa shape index (κ2) is 5.77. The fourth-order valence-corrected chi connectivity index (χ4v) is 4.49. The highest BCUT2D eigenvalue weighted by Gasteiger charge is 2.64. The molecule has 0 aromatic heterocycles. The van der Waals surface area contributed by atoms with Gasteiger partial charge in [-0.1, -0.05) is 23.7 Å². The van der Waals surface area contributed by atoms with Gasteiger partial charge in [-0.15, -0.1) is 0 Å². The van der Waals surface area contributed by atoms with Crippen LogP contribution in [0.15, 0.2) is 24.3 Å². The number of fused-ring (bicyclic) bond motifs is 1. The van der Waals surface area contributed by atoms with Crippen molar-refractivity contribution in [2.75, 3.05) is 11.9 Å². The van der Waals surface area contributed by atoms with E-state index in [2.05, 4.69) is 5.32 Å². The molecule has 2 aliphatic carbocycles. The second-order valence-electron chi connectivity index (χ2n) is 6.56. The molecule has 0 radical (unpaired) electrons. The number of benzene rings is 1. The van der Waals surface area contributed by atoms with Gasteiger partial charge in [0.05, 0.1) is 22.5 Å². The molecular formula is C17H16ClNO5. The van der Waals surface area contributed by atoms with Crippen molar-refractivity contribution in [2.24, 2.45) is 23.7 Å². The van der Waals surface area contributed by atoms with Crippen molar-refractivity contribution in [2.45, 2.75) is 18.9 Å². The average molecular weight is 350 g/mol. The number of carbonyl (C=O) groups is 3. The molecule has 6 nitrogen and oxygen atoms in total. The van der Waals surface area contributed by atoms with Crippen molar-refractivity contribution >= 4 is 35.1 Å². The van der Waals surface area contributed by atoms with Gasteiger partial charge in [-0.05, 0) is 30.9 Å². The Balaban J connectivity index is 1.35. The zero-order valence-electron chi connectivity index (χ0n) is 12.7. The van der Waals surface area contributed by atoms with Crippen LogP contribution in [0.25, 0.3) is 0 Å². The normalized spacial score (nSPS) is 32.5. The van der Waals surface area contributed by atoms with Crippen LogP contribution in [0.3, 0.4) is 0 Å². The number of ether oxygens (including phenoxy) is 2. The Morgan fingerprint density at radius 3 is 2.88 bits per heavy atom. The molecule has 1 aromatic rings. The van der Waals surface area contributed by atoms with Crippen molar-refractivity contribution in [3.63, 3.8) is 0 Å². The maximum Gasteiger partial charge on any atom is 0.310 e. The summed E-state index contributed by atoms with van der Waals surface area (Å²) in [7, 11) is 0. The molecule has 0 spiro atoms. The molecule has 5 atom stereocenters. The molecule has 1 amide bonds. The Hall–Kier alpha value is -2.08. The fourth-order valence-electron chi connectivity index (χ4n) is 4.31. The number of hydrogen-bond acceptors (Lipinski definition) is 5. The molecule has 1 heterocycles. The summed E-state index contributed by atoms with van der Waals surface area (Å²) >= 11 is 5.96. The Labute approximate surface area is 143 Å². The van der Waals surface area contributed by atoms with Crippen LogP contribution in [0, 0.1) is 23.7 Å². The number of nitrogens with one attached hydrogen (secondary N) is 1. The van der Waals surface area contributed by atoms with E-state index in [1.165, 1.54) is 0 Å². The van der Waals surface area contributed by atoms with E-state index in [-0.39, 0.29) is 23.9 Å². The van der Waals surface area contributed by atoms with E-state index in [1.54, 1.807) is 24.3 Å². The van der Waals surface area contributed by atoms with Crippen LogP contribution in [-0.4, -0.2) is 30.6 Å². The van der Waals surface area contributed by atoms with Crippen molar-refractivity contribution in [3.8, 4) is 0 Å². The number of para-hydroxylation sites is 1. The van der Waals surface area contributed by atoms with E-state index in [1.807, 2.05) is 0 Å². The van der Waals surface area contributed by atoms with E-state index in [0.717, 1.165) is 12.8 Å². The Morgan fingerprint density at radius 2 is 2.08 bits per heavy atom. The lowest BCUT2D eigenvalue weighted by Crippen LogP contribution is -2.34. The van der Waals surface area contributed by atoms with E-state index in [4.69, 9.17) is 21.1 Å². The van der Waals surface area contributed by atoms with Crippen molar-refractivity contribution in [3.05, 3.63) is 29.3 Å². The van der Waals surface area contributed by atoms with Crippen molar-refractivity contribution in [1.29, 1.82) is 0 Å². The third-order valence-electron chi connectivity index (χ3n) is 5.25. The zero-order valence-corrected chi connectivity index (χ0v) is 13.5. The van der Waals surface area contributed by atoms with Gasteiger partial charge in [-0.25, -0.2) is 0 Å². The smallest absolute Gasteiger partial charge is 0.310 e. The largest absolute Gasteiger partial charge is 0.462 e. The standard InChI is InChI=1S/C17H16ClNO5/c18-10-3-1-2-4-11(10)19-13(20)7-23-16(21)14-8-5-9-12(6-8)24-17(22)15(9)14/h1-4,8-9,12,14-15H,5-7H2,(H,19,20). The average Bonchev–Trinajstić information content (AvgIpc) is 3.16. The summed E-state index contributed by atoms with van der Waals surface area (Å²) in [6, 6.07) is 6.80. The molecule has 1 aromatic carbocycles. The summed E-state index contributed by atoms with van der Waals surface area (Å²) in [5.41, 5.74) is 0.461. The Morgan fingerprint density at radius 1 is 1.29 bits per heavy atom. The summed E-state index contributed by atoms with van der Waals surface area (Å²) in [5.74, 6) is -1.87. The molecule has 24 heavy (non-hydrogen) atoms. The number of halogens is 1. The minimum Gasteiger partial charge on any atom is -0.462 e. The van der Waals surface area contributed by atoms with Crippen LogP contribution in [0.2, 0.25) is 5.02 Å². The molecule has 2 bridgehead atoms. The number of rotatable bonds is 4. The van der Waals surface area contributed by atoms with Gasteiger partial charge in [0.2, 0.25) is 0 Å². The zero-order chi connectivity index (χ0) is 16.8. The Bertz CT molecular complexity index is 719. The highest BCUT2D eigenvalue weighted by atomic mass is 35.5. The summed E-state index contributed by atoms with van der Waals surface area (Å²) in [6.45, 7) is -0.400. The minimum absolute atomic E-state index is 0.0277. The lowest BCUT2D eigenvalue weighted by molar-refractivity contribution is -0.157. The molecule has 4 rings (SSSR count). The first kappa shape index (κ1) is 15.4. The number of anilines is 1. The van der Waals surface area contributed by atoms with Gasteiger partial charge in [0.1, 0.15) is 6.10 Å². The SMILES string of the molecule is O=C(COC(=O)C1C2CC3OC(=O)C1C3C2)Nc1ccccc1Cl. The monoisotopic (exact) mass is 349 g/mol. The van der Waals surface area contributed by atoms with Crippen LogP contribution in [0.5, 0.6) is 0 Å². The summed E-state index contributed by atoms with van der Waals surface area (Å²) in [4.78, 5) is 36.2.